The van der Waals surface area contributed by atoms with E-state index in [1.807, 2.05) is 0 Å². The minimum atomic E-state index is 0.0403. The Labute approximate surface area is 99.1 Å². The lowest BCUT2D eigenvalue weighted by Crippen LogP contribution is -2.45. The molecule has 0 rings (SSSR count). The highest BCUT2D eigenvalue weighted by atomic mass is 16.5. The average molecular weight is 230 g/mol. The van der Waals surface area contributed by atoms with Gasteiger partial charge in [-0.05, 0) is 26.7 Å². The summed E-state index contributed by atoms with van der Waals surface area (Å²) in [5.74, 6) is 0.0558. The first-order valence-corrected chi connectivity index (χ1v) is 6.02. The van der Waals surface area contributed by atoms with Crippen molar-refractivity contribution in [3.63, 3.8) is 0 Å². The molecular formula is C12H26N2O2. The third kappa shape index (κ3) is 8.68. The number of amides is 1. The molecule has 0 bridgehead atoms. The molecule has 0 heterocycles. The maximum absolute atomic E-state index is 11.4. The van der Waals surface area contributed by atoms with Crippen LogP contribution in [0.5, 0.6) is 0 Å². The number of ether oxygens (including phenoxy) is 1. The molecule has 0 aromatic heterocycles. The van der Waals surface area contributed by atoms with Crippen LogP contribution in [-0.2, 0) is 9.53 Å². The van der Waals surface area contributed by atoms with Gasteiger partial charge in [-0.15, -0.1) is 0 Å². The largest absolute Gasteiger partial charge is 0.385 e. The van der Waals surface area contributed by atoms with E-state index in [2.05, 4.69) is 31.4 Å². The maximum Gasteiger partial charge on any atom is 0.233 e. The summed E-state index contributed by atoms with van der Waals surface area (Å²) >= 11 is 0. The summed E-state index contributed by atoms with van der Waals surface area (Å²) < 4.78 is 4.90. The summed E-state index contributed by atoms with van der Waals surface area (Å²) in [6.45, 7) is 8.15. The van der Waals surface area contributed by atoms with E-state index in [9.17, 15) is 4.79 Å². The molecule has 0 aromatic carbocycles. The second kappa shape index (κ2) is 8.53. The molecule has 96 valence electrons. The Hall–Kier alpha value is -0.610. The van der Waals surface area contributed by atoms with Crippen LogP contribution in [0.15, 0.2) is 0 Å². The molecule has 2 N–H and O–H groups in total. The average Bonchev–Trinajstić information content (AvgIpc) is 2.22. The van der Waals surface area contributed by atoms with Crippen LogP contribution in [0.25, 0.3) is 0 Å². The lowest BCUT2D eigenvalue weighted by Gasteiger charge is -2.25. The van der Waals surface area contributed by atoms with Crippen molar-refractivity contribution in [3.05, 3.63) is 0 Å². The Morgan fingerprint density at radius 2 is 2.06 bits per heavy atom. The number of carbonyl (C=O) groups is 1. The van der Waals surface area contributed by atoms with Gasteiger partial charge in [0.2, 0.25) is 5.91 Å². The predicted octanol–water partition coefficient (Wildman–Crippen LogP) is 1.31. The summed E-state index contributed by atoms with van der Waals surface area (Å²) in [5, 5.41) is 6.11. The first kappa shape index (κ1) is 15.4. The fourth-order valence-corrected chi connectivity index (χ4v) is 1.54. The molecule has 0 aliphatic carbocycles. The molecule has 0 radical (unpaired) electrons. The lowest BCUT2D eigenvalue weighted by atomic mass is 9.99. The summed E-state index contributed by atoms with van der Waals surface area (Å²) in [4.78, 5) is 11.4. The van der Waals surface area contributed by atoms with E-state index in [0.717, 1.165) is 19.3 Å². The topological polar surface area (TPSA) is 50.4 Å². The van der Waals surface area contributed by atoms with Crippen molar-refractivity contribution in [1.29, 1.82) is 0 Å². The molecular weight excluding hydrogens is 204 g/mol. The molecule has 0 unspecified atom stereocenters. The second-order valence-electron chi connectivity index (χ2n) is 4.68. The summed E-state index contributed by atoms with van der Waals surface area (Å²) in [6.07, 6.45) is 3.06. The van der Waals surface area contributed by atoms with Crippen LogP contribution in [0.3, 0.4) is 0 Å². The molecule has 4 nitrogen and oxygen atoms in total. The molecule has 0 saturated heterocycles. The molecule has 0 aliphatic heterocycles. The van der Waals surface area contributed by atoms with Crippen LogP contribution in [0, 0.1) is 0 Å². The van der Waals surface area contributed by atoms with Gasteiger partial charge < -0.3 is 15.4 Å². The Morgan fingerprint density at radius 1 is 1.38 bits per heavy atom. The van der Waals surface area contributed by atoms with Gasteiger partial charge in [0, 0.05) is 25.8 Å². The van der Waals surface area contributed by atoms with Crippen molar-refractivity contribution in [2.45, 2.75) is 45.6 Å². The standard InChI is InChI=1S/C12H26N2O2/c1-5-7-12(2,3)14-10-11(15)13-8-6-9-16-4/h14H,5-10H2,1-4H3,(H,13,15). The van der Waals surface area contributed by atoms with Crippen LogP contribution in [0.2, 0.25) is 0 Å². The fraction of sp³-hybridized carbons (Fsp3) is 0.917. The zero-order valence-electron chi connectivity index (χ0n) is 11.1. The molecule has 0 saturated carbocycles. The number of hydrogen-bond donors (Lipinski definition) is 2. The zero-order chi connectivity index (χ0) is 12.4. The molecule has 0 atom stereocenters. The minimum absolute atomic E-state index is 0.0403. The van der Waals surface area contributed by atoms with Crippen LogP contribution in [-0.4, -0.2) is 38.3 Å². The van der Waals surface area contributed by atoms with Crippen LogP contribution < -0.4 is 10.6 Å². The van der Waals surface area contributed by atoms with Crippen molar-refractivity contribution in [2.75, 3.05) is 26.8 Å². The third-order valence-electron chi connectivity index (χ3n) is 2.45. The predicted molar refractivity (Wildman–Crippen MR) is 66.5 cm³/mol. The van der Waals surface area contributed by atoms with Gasteiger partial charge in [0.25, 0.3) is 0 Å². The SMILES string of the molecule is CCCC(C)(C)NCC(=O)NCCCOC. The van der Waals surface area contributed by atoms with Crippen molar-refractivity contribution in [1.82, 2.24) is 10.6 Å². The Morgan fingerprint density at radius 3 is 2.62 bits per heavy atom. The quantitative estimate of drug-likeness (QED) is 0.587. The van der Waals surface area contributed by atoms with E-state index in [1.165, 1.54) is 0 Å². The van der Waals surface area contributed by atoms with Gasteiger partial charge in [-0.3, -0.25) is 4.79 Å². The summed E-state index contributed by atoms with van der Waals surface area (Å²) in [6, 6.07) is 0. The maximum atomic E-state index is 11.4. The van der Waals surface area contributed by atoms with E-state index in [-0.39, 0.29) is 11.4 Å². The van der Waals surface area contributed by atoms with Gasteiger partial charge in [0.05, 0.1) is 6.54 Å². The lowest BCUT2D eigenvalue weighted by molar-refractivity contribution is -0.120. The third-order valence-corrected chi connectivity index (χ3v) is 2.45. The number of methoxy groups -OCH3 is 1. The number of carbonyl (C=O) groups excluding carboxylic acids is 1. The molecule has 0 spiro atoms. The smallest absolute Gasteiger partial charge is 0.233 e. The van der Waals surface area contributed by atoms with Gasteiger partial charge in [-0.25, -0.2) is 0 Å². The summed E-state index contributed by atoms with van der Waals surface area (Å²) in [7, 11) is 1.66. The van der Waals surface area contributed by atoms with Crippen LogP contribution in [0.1, 0.15) is 40.0 Å². The van der Waals surface area contributed by atoms with Gasteiger partial charge in [-0.1, -0.05) is 13.3 Å². The van der Waals surface area contributed by atoms with E-state index in [4.69, 9.17) is 4.74 Å². The van der Waals surface area contributed by atoms with Crippen molar-refractivity contribution in [3.8, 4) is 0 Å². The van der Waals surface area contributed by atoms with E-state index in [0.29, 0.717) is 19.7 Å². The van der Waals surface area contributed by atoms with Gasteiger partial charge in [0.1, 0.15) is 0 Å². The van der Waals surface area contributed by atoms with Gasteiger partial charge in [-0.2, -0.15) is 0 Å². The van der Waals surface area contributed by atoms with Gasteiger partial charge in [0.15, 0.2) is 0 Å². The monoisotopic (exact) mass is 230 g/mol. The number of nitrogens with one attached hydrogen (secondary N) is 2. The molecule has 0 aliphatic rings. The minimum Gasteiger partial charge on any atom is -0.385 e. The Kier molecular flexibility index (Phi) is 8.21. The Balaban J connectivity index is 3.56. The summed E-state index contributed by atoms with van der Waals surface area (Å²) in [5.41, 5.74) is 0.0403. The molecule has 1 amide bonds. The molecule has 4 heteroatoms. The number of hydrogen-bond acceptors (Lipinski definition) is 3. The highest BCUT2D eigenvalue weighted by molar-refractivity contribution is 5.78. The highest BCUT2D eigenvalue weighted by Gasteiger charge is 2.16. The Bertz CT molecular complexity index is 193. The zero-order valence-corrected chi connectivity index (χ0v) is 11.1. The first-order valence-electron chi connectivity index (χ1n) is 6.02. The van der Waals surface area contributed by atoms with Crippen molar-refractivity contribution in [2.24, 2.45) is 0 Å². The van der Waals surface area contributed by atoms with Crippen molar-refractivity contribution >= 4 is 5.91 Å². The van der Waals surface area contributed by atoms with E-state index in [1.54, 1.807) is 7.11 Å². The highest BCUT2D eigenvalue weighted by Crippen LogP contribution is 2.09. The van der Waals surface area contributed by atoms with Crippen LogP contribution in [0.4, 0.5) is 0 Å². The first-order chi connectivity index (χ1) is 7.52. The number of rotatable bonds is 9. The molecule has 0 fully saturated rings. The van der Waals surface area contributed by atoms with E-state index >= 15 is 0 Å². The van der Waals surface area contributed by atoms with E-state index < -0.39 is 0 Å². The molecule has 16 heavy (non-hydrogen) atoms. The van der Waals surface area contributed by atoms with Gasteiger partial charge >= 0.3 is 0 Å². The van der Waals surface area contributed by atoms with Crippen LogP contribution >= 0.6 is 0 Å². The van der Waals surface area contributed by atoms with Crippen molar-refractivity contribution < 1.29 is 9.53 Å². The fourth-order valence-electron chi connectivity index (χ4n) is 1.54. The normalized spacial score (nSPS) is 11.5. The second-order valence-corrected chi connectivity index (χ2v) is 4.68. The molecule has 0 aromatic rings.